The van der Waals surface area contributed by atoms with Crippen LogP contribution in [-0.2, 0) is 6.42 Å². The van der Waals surface area contributed by atoms with Crippen LogP contribution in [0.15, 0.2) is 30.3 Å². The third-order valence-corrected chi connectivity index (χ3v) is 3.02. The molecule has 0 unspecified atom stereocenters. The van der Waals surface area contributed by atoms with E-state index in [1.54, 1.807) is 30.3 Å². The quantitative estimate of drug-likeness (QED) is 0.796. The first-order valence-corrected chi connectivity index (χ1v) is 6.13. The maximum Gasteiger partial charge on any atom is 0.196 e. The molecule has 2 rings (SSSR count). The Balaban J connectivity index is 2.52. The van der Waals surface area contributed by atoms with Crippen LogP contribution in [0.1, 0.15) is 34.2 Å². The monoisotopic (exact) mass is 260 g/mol. The van der Waals surface area contributed by atoms with Gasteiger partial charge in [0.1, 0.15) is 0 Å². The Labute approximate surface area is 111 Å². The van der Waals surface area contributed by atoms with Crippen molar-refractivity contribution in [3.8, 4) is 0 Å². The van der Waals surface area contributed by atoms with Crippen molar-refractivity contribution in [2.75, 3.05) is 0 Å². The third-order valence-electron chi connectivity index (χ3n) is 2.69. The van der Waals surface area contributed by atoms with Crippen molar-refractivity contribution in [3.05, 3.63) is 57.9 Å². The smallest absolute Gasteiger partial charge is 0.196 e. The molecule has 18 heavy (non-hydrogen) atoms. The molecule has 0 fully saturated rings. The second-order valence-corrected chi connectivity index (χ2v) is 4.42. The summed E-state index contributed by atoms with van der Waals surface area (Å²) in [6, 6.07) is 8.79. The van der Waals surface area contributed by atoms with E-state index in [0.29, 0.717) is 28.3 Å². The average molecular weight is 261 g/mol. The summed E-state index contributed by atoms with van der Waals surface area (Å²) < 4.78 is 0. The summed E-state index contributed by atoms with van der Waals surface area (Å²) in [5.41, 5.74) is 2.51. The van der Waals surface area contributed by atoms with E-state index in [1.807, 2.05) is 13.8 Å². The SMILES string of the molecule is CCc1nnc(C)cc1C(=O)c1ccccc1Cl. The first-order chi connectivity index (χ1) is 8.63. The number of benzene rings is 1. The molecule has 0 saturated heterocycles. The number of aromatic nitrogens is 2. The van der Waals surface area contributed by atoms with Crippen LogP contribution in [0.2, 0.25) is 5.02 Å². The van der Waals surface area contributed by atoms with Crippen molar-refractivity contribution in [1.29, 1.82) is 0 Å². The summed E-state index contributed by atoms with van der Waals surface area (Å²) in [5, 5.41) is 8.49. The van der Waals surface area contributed by atoms with E-state index in [4.69, 9.17) is 11.6 Å². The molecule has 4 heteroatoms. The second-order valence-electron chi connectivity index (χ2n) is 4.01. The molecule has 1 aromatic heterocycles. The van der Waals surface area contributed by atoms with Crippen molar-refractivity contribution in [3.63, 3.8) is 0 Å². The molecule has 1 heterocycles. The van der Waals surface area contributed by atoms with E-state index >= 15 is 0 Å². The molecule has 0 radical (unpaired) electrons. The van der Waals surface area contributed by atoms with Gasteiger partial charge in [-0.2, -0.15) is 10.2 Å². The van der Waals surface area contributed by atoms with Crippen LogP contribution in [0, 0.1) is 6.92 Å². The number of hydrogen-bond donors (Lipinski definition) is 0. The van der Waals surface area contributed by atoms with Crippen molar-refractivity contribution >= 4 is 17.4 Å². The van der Waals surface area contributed by atoms with E-state index in [0.717, 1.165) is 5.69 Å². The summed E-state index contributed by atoms with van der Waals surface area (Å²) in [7, 11) is 0. The first-order valence-electron chi connectivity index (χ1n) is 5.76. The maximum absolute atomic E-state index is 12.4. The minimum Gasteiger partial charge on any atom is -0.288 e. The summed E-state index contributed by atoms with van der Waals surface area (Å²) in [5.74, 6) is -0.101. The highest BCUT2D eigenvalue weighted by atomic mass is 35.5. The van der Waals surface area contributed by atoms with Gasteiger partial charge in [0.15, 0.2) is 5.78 Å². The summed E-state index contributed by atoms with van der Waals surface area (Å²) in [6.07, 6.45) is 0.665. The molecule has 0 atom stereocenters. The molecular formula is C14H13ClN2O. The molecule has 2 aromatic rings. The highest BCUT2D eigenvalue weighted by molar-refractivity contribution is 6.35. The van der Waals surface area contributed by atoms with E-state index in [1.165, 1.54) is 0 Å². The van der Waals surface area contributed by atoms with Gasteiger partial charge in [-0.25, -0.2) is 0 Å². The molecule has 0 aliphatic heterocycles. The third kappa shape index (κ3) is 2.41. The van der Waals surface area contributed by atoms with Gasteiger partial charge < -0.3 is 0 Å². The van der Waals surface area contributed by atoms with Gasteiger partial charge in [0.05, 0.1) is 16.4 Å². The van der Waals surface area contributed by atoms with Crippen LogP contribution in [0.4, 0.5) is 0 Å². The number of rotatable bonds is 3. The van der Waals surface area contributed by atoms with Gasteiger partial charge in [0.2, 0.25) is 0 Å². The lowest BCUT2D eigenvalue weighted by Crippen LogP contribution is -2.09. The first kappa shape index (κ1) is 12.7. The Hall–Kier alpha value is -1.74. The lowest BCUT2D eigenvalue weighted by atomic mass is 10.0. The van der Waals surface area contributed by atoms with Gasteiger partial charge in [-0.1, -0.05) is 30.7 Å². The lowest BCUT2D eigenvalue weighted by molar-refractivity contribution is 0.103. The van der Waals surface area contributed by atoms with Gasteiger partial charge in [0, 0.05) is 11.1 Å². The summed E-state index contributed by atoms with van der Waals surface area (Å²) in [4.78, 5) is 12.4. The van der Waals surface area contributed by atoms with E-state index in [2.05, 4.69) is 10.2 Å². The fourth-order valence-corrected chi connectivity index (χ4v) is 1.98. The van der Waals surface area contributed by atoms with Crippen molar-refractivity contribution in [2.45, 2.75) is 20.3 Å². The Morgan fingerprint density at radius 2 is 1.94 bits per heavy atom. The van der Waals surface area contributed by atoms with Gasteiger partial charge in [-0.3, -0.25) is 4.79 Å². The molecule has 0 aliphatic carbocycles. The molecule has 0 spiro atoms. The number of nitrogens with zero attached hydrogens (tertiary/aromatic N) is 2. The van der Waals surface area contributed by atoms with Crippen LogP contribution in [0.25, 0.3) is 0 Å². The topological polar surface area (TPSA) is 42.9 Å². The molecule has 92 valence electrons. The maximum atomic E-state index is 12.4. The fraction of sp³-hybridized carbons (Fsp3) is 0.214. The Morgan fingerprint density at radius 3 is 2.61 bits per heavy atom. The van der Waals surface area contributed by atoms with Crippen LogP contribution in [-0.4, -0.2) is 16.0 Å². The van der Waals surface area contributed by atoms with Crippen molar-refractivity contribution in [1.82, 2.24) is 10.2 Å². The standard InChI is InChI=1S/C14H13ClN2O/c1-3-13-11(8-9(2)16-17-13)14(18)10-6-4-5-7-12(10)15/h4-8H,3H2,1-2H3. The van der Waals surface area contributed by atoms with Gasteiger partial charge >= 0.3 is 0 Å². The largest absolute Gasteiger partial charge is 0.288 e. The Kier molecular flexibility index (Phi) is 3.72. The number of carbonyl (C=O) groups is 1. The molecular weight excluding hydrogens is 248 g/mol. The van der Waals surface area contributed by atoms with E-state index < -0.39 is 0 Å². The van der Waals surface area contributed by atoms with Gasteiger partial charge in [-0.05, 0) is 31.5 Å². The number of hydrogen-bond acceptors (Lipinski definition) is 3. The minimum absolute atomic E-state index is 0.101. The lowest BCUT2D eigenvalue weighted by Gasteiger charge is -2.07. The van der Waals surface area contributed by atoms with Gasteiger partial charge in [0.25, 0.3) is 0 Å². The fourth-order valence-electron chi connectivity index (χ4n) is 1.76. The Bertz CT molecular complexity index is 596. The molecule has 3 nitrogen and oxygen atoms in total. The van der Waals surface area contributed by atoms with Crippen LogP contribution >= 0.6 is 11.6 Å². The predicted octanol–water partition coefficient (Wildman–Crippen LogP) is 3.23. The zero-order chi connectivity index (χ0) is 13.1. The molecule has 0 amide bonds. The highest BCUT2D eigenvalue weighted by Crippen LogP contribution is 2.20. The number of halogens is 1. The summed E-state index contributed by atoms with van der Waals surface area (Å²) >= 11 is 6.05. The Morgan fingerprint density at radius 1 is 1.22 bits per heavy atom. The minimum atomic E-state index is -0.101. The molecule has 0 bridgehead atoms. The number of carbonyl (C=O) groups excluding carboxylic acids is 1. The normalized spacial score (nSPS) is 10.4. The van der Waals surface area contributed by atoms with E-state index in [9.17, 15) is 4.79 Å². The average Bonchev–Trinajstić information content (AvgIpc) is 2.38. The summed E-state index contributed by atoms with van der Waals surface area (Å²) in [6.45, 7) is 3.76. The van der Waals surface area contributed by atoms with Crippen LogP contribution in [0.5, 0.6) is 0 Å². The molecule has 0 N–H and O–H groups in total. The second kappa shape index (κ2) is 5.27. The number of aryl methyl sites for hydroxylation is 2. The predicted molar refractivity (Wildman–Crippen MR) is 71.0 cm³/mol. The molecule has 1 aromatic carbocycles. The number of ketones is 1. The zero-order valence-electron chi connectivity index (χ0n) is 10.3. The zero-order valence-corrected chi connectivity index (χ0v) is 11.0. The highest BCUT2D eigenvalue weighted by Gasteiger charge is 2.17. The molecule has 0 aliphatic rings. The van der Waals surface area contributed by atoms with Crippen molar-refractivity contribution in [2.24, 2.45) is 0 Å². The van der Waals surface area contributed by atoms with E-state index in [-0.39, 0.29) is 5.78 Å². The van der Waals surface area contributed by atoms with Crippen LogP contribution in [0.3, 0.4) is 0 Å². The van der Waals surface area contributed by atoms with Crippen molar-refractivity contribution < 1.29 is 4.79 Å². The molecule has 0 saturated carbocycles. The van der Waals surface area contributed by atoms with Crippen LogP contribution < -0.4 is 0 Å². The van der Waals surface area contributed by atoms with Gasteiger partial charge in [-0.15, -0.1) is 0 Å².